The average Bonchev–Trinajstić information content (AvgIpc) is 2.74. The Labute approximate surface area is 172 Å². The molecule has 1 aliphatic heterocycles. The second-order valence-corrected chi connectivity index (χ2v) is 9.21. The minimum atomic E-state index is -3.49. The smallest absolute Gasteiger partial charge is 0.243 e. The number of ether oxygens (including phenoxy) is 1. The molecule has 2 aromatic rings. The maximum atomic E-state index is 12.8. The first-order chi connectivity index (χ1) is 13.9. The van der Waals surface area contributed by atoms with Gasteiger partial charge in [-0.05, 0) is 54.7 Å². The Morgan fingerprint density at radius 3 is 2.17 bits per heavy atom. The van der Waals surface area contributed by atoms with Crippen molar-refractivity contribution < 1.29 is 17.9 Å². The van der Waals surface area contributed by atoms with E-state index >= 15 is 0 Å². The van der Waals surface area contributed by atoms with Crippen LogP contribution in [0.1, 0.15) is 30.9 Å². The van der Waals surface area contributed by atoms with E-state index in [1.54, 1.807) is 19.2 Å². The molecule has 1 N–H and O–H groups in total. The molecule has 0 unspecified atom stereocenters. The molecule has 1 fully saturated rings. The van der Waals surface area contributed by atoms with Crippen LogP contribution in [0.25, 0.3) is 0 Å². The van der Waals surface area contributed by atoms with E-state index in [1.165, 1.54) is 4.31 Å². The van der Waals surface area contributed by atoms with Gasteiger partial charge < -0.3 is 10.1 Å². The highest BCUT2D eigenvalue weighted by atomic mass is 32.2. The number of aryl methyl sites for hydroxylation is 1. The highest BCUT2D eigenvalue weighted by molar-refractivity contribution is 7.89. The van der Waals surface area contributed by atoms with Crippen LogP contribution in [0, 0.1) is 0 Å². The third kappa shape index (κ3) is 5.36. The largest absolute Gasteiger partial charge is 0.497 e. The molecule has 0 radical (unpaired) electrons. The first-order valence-corrected chi connectivity index (χ1v) is 11.4. The number of nitrogens with one attached hydrogen (secondary N) is 1. The van der Waals surface area contributed by atoms with E-state index in [1.807, 2.05) is 43.3 Å². The van der Waals surface area contributed by atoms with E-state index in [2.05, 4.69) is 5.32 Å². The molecule has 2 aromatic carbocycles. The second kappa shape index (κ2) is 9.41. The van der Waals surface area contributed by atoms with Gasteiger partial charge in [0.25, 0.3) is 0 Å². The Kier molecular flexibility index (Phi) is 6.92. The minimum absolute atomic E-state index is 0.00494. The van der Waals surface area contributed by atoms with Crippen molar-refractivity contribution in [2.45, 2.75) is 43.5 Å². The number of nitrogens with zero attached hydrogens (tertiary/aromatic N) is 1. The van der Waals surface area contributed by atoms with E-state index in [0.717, 1.165) is 23.3 Å². The maximum Gasteiger partial charge on any atom is 0.243 e. The van der Waals surface area contributed by atoms with Crippen LogP contribution in [-0.2, 0) is 27.7 Å². The molecule has 0 bridgehead atoms. The van der Waals surface area contributed by atoms with Gasteiger partial charge in [-0.1, -0.05) is 31.2 Å². The van der Waals surface area contributed by atoms with Gasteiger partial charge in [0.1, 0.15) is 5.75 Å². The monoisotopic (exact) mass is 416 g/mol. The molecule has 0 spiro atoms. The number of hydrogen-bond donors (Lipinski definition) is 1. The van der Waals surface area contributed by atoms with Crippen LogP contribution in [0.3, 0.4) is 0 Å². The van der Waals surface area contributed by atoms with Gasteiger partial charge in [-0.2, -0.15) is 4.31 Å². The van der Waals surface area contributed by atoms with Crippen LogP contribution in [0.2, 0.25) is 0 Å². The summed E-state index contributed by atoms with van der Waals surface area (Å²) in [4.78, 5) is 12.7. The molecule has 0 atom stereocenters. The number of rotatable bonds is 7. The molecule has 7 heteroatoms. The second-order valence-electron chi connectivity index (χ2n) is 7.27. The molecule has 0 aliphatic carbocycles. The van der Waals surface area contributed by atoms with Crippen LogP contribution in [0.15, 0.2) is 53.4 Å². The molecular formula is C22H28N2O4S. The summed E-state index contributed by atoms with van der Waals surface area (Å²) in [6, 6.07) is 14.5. The van der Waals surface area contributed by atoms with Gasteiger partial charge in [0.2, 0.25) is 15.9 Å². The van der Waals surface area contributed by atoms with Crippen molar-refractivity contribution in [3.63, 3.8) is 0 Å². The quantitative estimate of drug-likeness (QED) is 0.753. The molecule has 6 nitrogen and oxygen atoms in total. The maximum absolute atomic E-state index is 12.8. The van der Waals surface area contributed by atoms with Crippen LogP contribution in [0.4, 0.5) is 0 Å². The highest BCUT2D eigenvalue weighted by Crippen LogP contribution is 2.21. The molecule has 1 heterocycles. The lowest BCUT2D eigenvalue weighted by molar-refractivity contribution is -0.121. The van der Waals surface area contributed by atoms with Crippen molar-refractivity contribution in [1.82, 2.24) is 9.62 Å². The highest BCUT2D eigenvalue weighted by Gasteiger charge is 2.29. The zero-order valence-electron chi connectivity index (χ0n) is 16.9. The van der Waals surface area contributed by atoms with Crippen molar-refractivity contribution in [2.24, 2.45) is 0 Å². The van der Waals surface area contributed by atoms with E-state index < -0.39 is 10.0 Å². The number of hydrogen-bond acceptors (Lipinski definition) is 4. The lowest BCUT2D eigenvalue weighted by Gasteiger charge is -2.31. The predicted molar refractivity (Wildman–Crippen MR) is 112 cm³/mol. The summed E-state index contributed by atoms with van der Waals surface area (Å²) in [6.07, 6.45) is 2.40. The van der Waals surface area contributed by atoms with E-state index in [4.69, 9.17) is 4.74 Å². The Morgan fingerprint density at radius 1 is 1.03 bits per heavy atom. The third-order valence-corrected chi connectivity index (χ3v) is 7.23. The fourth-order valence-electron chi connectivity index (χ4n) is 3.49. The number of carbonyl (C=O) groups excluding carboxylic acids is 1. The summed E-state index contributed by atoms with van der Waals surface area (Å²) in [5.41, 5.74) is 2.03. The molecule has 1 amide bonds. The van der Waals surface area contributed by atoms with E-state index in [9.17, 15) is 13.2 Å². The first kappa shape index (κ1) is 21.3. The zero-order valence-corrected chi connectivity index (χ0v) is 17.7. The molecule has 0 aromatic heterocycles. The van der Waals surface area contributed by atoms with Gasteiger partial charge in [-0.3, -0.25) is 4.79 Å². The fourth-order valence-corrected chi connectivity index (χ4v) is 4.96. The molecule has 3 rings (SSSR count). The van der Waals surface area contributed by atoms with Gasteiger partial charge in [-0.25, -0.2) is 8.42 Å². The Morgan fingerprint density at radius 2 is 1.62 bits per heavy atom. The number of amides is 1. The van der Waals surface area contributed by atoms with Crippen molar-refractivity contribution in [3.05, 3.63) is 59.7 Å². The molecule has 29 heavy (non-hydrogen) atoms. The van der Waals surface area contributed by atoms with Crippen LogP contribution in [0.5, 0.6) is 5.75 Å². The number of sulfonamides is 1. The van der Waals surface area contributed by atoms with Gasteiger partial charge in [0.05, 0.1) is 18.4 Å². The van der Waals surface area contributed by atoms with Crippen molar-refractivity contribution >= 4 is 15.9 Å². The minimum Gasteiger partial charge on any atom is -0.497 e. The van der Waals surface area contributed by atoms with Crippen molar-refractivity contribution in [2.75, 3.05) is 20.2 Å². The number of methoxy groups -OCH3 is 1. The van der Waals surface area contributed by atoms with Gasteiger partial charge in [-0.15, -0.1) is 0 Å². The van der Waals surface area contributed by atoms with Crippen molar-refractivity contribution in [1.29, 1.82) is 0 Å². The van der Waals surface area contributed by atoms with Crippen molar-refractivity contribution in [3.8, 4) is 5.75 Å². The Bertz CT molecular complexity index is 916. The fraction of sp³-hybridized carbons (Fsp3) is 0.409. The molecule has 1 aliphatic rings. The average molecular weight is 417 g/mol. The van der Waals surface area contributed by atoms with Gasteiger partial charge in [0, 0.05) is 19.1 Å². The summed E-state index contributed by atoms with van der Waals surface area (Å²) in [6.45, 7) is 2.86. The van der Waals surface area contributed by atoms with Gasteiger partial charge in [0.15, 0.2) is 0 Å². The van der Waals surface area contributed by atoms with E-state index in [-0.39, 0.29) is 11.9 Å². The standard InChI is InChI=1S/C22H28N2O4S/c1-3-17-6-10-21(11-7-17)29(26,27)24-14-12-19(13-15-24)23-22(25)16-18-4-8-20(28-2)9-5-18/h4-11,19H,3,12-16H2,1-2H3,(H,23,25). The Hall–Kier alpha value is -2.38. The Balaban J connectivity index is 1.52. The topological polar surface area (TPSA) is 75.7 Å². The predicted octanol–water partition coefficient (Wildman–Crippen LogP) is 2.77. The summed E-state index contributed by atoms with van der Waals surface area (Å²) >= 11 is 0. The molecule has 0 saturated carbocycles. The number of piperidine rings is 1. The lowest BCUT2D eigenvalue weighted by atomic mass is 10.1. The third-order valence-electron chi connectivity index (χ3n) is 5.31. The van der Waals surface area contributed by atoms with Crippen LogP contribution >= 0.6 is 0 Å². The first-order valence-electron chi connectivity index (χ1n) is 9.93. The number of benzene rings is 2. The molecular weight excluding hydrogens is 388 g/mol. The summed E-state index contributed by atoms with van der Waals surface area (Å²) < 4.78 is 32.3. The molecule has 156 valence electrons. The summed E-state index contributed by atoms with van der Waals surface area (Å²) in [5, 5.41) is 3.03. The summed E-state index contributed by atoms with van der Waals surface area (Å²) in [7, 11) is -1.88. The van der Waals surface area contributed by atoms with E-state index in [0.29, 0.717) is 37.2 Å². The summed E-state index contributed by atoms with van der Waals surface area (Å²) in [5.74, 6) is 0.707. The molecule has 1 saturated heterocycles. The van der Waals surface area contributed by atoms with Gasteiger partial charge >= 0.3 is 0 Å². The normalized spacial score (nSPS) is 15.8. The SMILES string of the molecule is CCc1ccc(S(=O)(=O)N2CCC(NC(=O)Cc3ccc(OC)cc3)CC2)cc1. The lowest BCUT2D eigenvalue weighted by Crippen LogP contribution is -2.46. The van der Waals surface area contributed by atoms with Crippen LogP contribution in [-0.4, -0.2) is 44.9 Å². The van der Waals surface area contributed by atoms with Crippen LogP contribution < -0.4 is 10.1 Å². The zero-order chi connectivity index (χ0) is 20.9. The number of carbonyl (C=O) groups is 1.